The van der Waals surface area contributed by atoms with Crippen LogP contribution in [0.1, 0.15) is 0 Å². The molecule has 0 spiro atoms. The SMILES string of the molecule is Fc1ccc([Se+])cc1. The quantitative estimate of drug-likeness (QED) is 0.506. The number of halogens is 1. The van der Waals surface area contributed by atoms with Crippen LogP contribution in [-0.2, 0) is 0 Å². The molecule has 0 unspecified atom stereocenters. The van der Waals surface area contributed by atoms with Crippen molar-refractivity contribution >= 4 is 20.5 Å². The van der Waals surface area contributed by atoms with Crippen molar-refractivity contribution in [2.24, 2.45) is 0 Å². The van der Waals surface area contributed by atoms with Gasteiger partial charge in [-0.3, -0.25) is 0 Å². The molecular formula is C6H4FSe+. The van der Waals surface area contributed by atoms with Gasteiger partial charge < -0.3 is 0 Å². The van der Waals surface area contributed by atoms with E-state index in [1.54, 1.807) is 12.1 Å². The summed E-state index contributed by atoms with van der Waals surface area (Å²) >= 11 is 2.76. The van der Waals surface area contributed by atoms with Gasteiger partial charge in [0.1, 0.15) is 0 Å². The third kappa shape index (κ3) is 1.32. The van der Waals surface area contributed by atoms with Gasteiger partial charge in [0.15, 0.2) is 0 Å². The van der Waals surface area contributed by atoms with Crippen LogP contribution in [-0.4, -0.2) is 16.0 Å². The molecule has 0 fully saturated rings. The predicted octanol–water partition coefficient (Wildman–Crippen LogP) is 0.619. The topological polar surface area (TPSA) is 0 Å². The van der Waals surface area contributed by atoms with E-state index in [4.69, 9.17) is 0 Å². The van der Waals surface area contributed by atoms with Gasteiger partial charge in [-0.05, 0) is 0 Å². The fourth-order valence-corrected chi connectivity index (χ4v) is 0.720. The molecule has 0 saturated carbocycles. The van der Waals surface area contributed by atoms with Crippen LogP contribution in [0.4, 0.5) is 4.39 Å². The fraction of sp³-hybridized carbons (Fsp3) is 0. The van der Waals surface area contributed by atoms with Crippen molar-refractivity contribution in [3.8, 4) is 0 Å². The van der Waals surface area contributed by atoms with Gasteiger partial charge in [-0.2, -0.15) is 0 Å². The molecule has 8 heavy (non-hydrogen) atoms. The molecule has 0 atom stereocenters. The Bertz CT molecular complexity index is 147. The zero-order valence-electron chi connectivity index (χ0n) is 4.10. The Morgan fingerprint density at radius 2 is 1.62 bits per heavy atom. The molecule has 2 radical (unpaired) electrons. The van der Waals surface area contributed by atoms with Gasteiger partial charge in [0, 0.05) is 0 Å². The predicted molar refractivity (Wildman–Crippen MR) is 31.8 cm³/mol. The van der Waals surface area contributed by atoms with Crippen LogP contribution in [0.5, 0.6) is 0 Å². The zero-order valence-corrected chi connectivity index (χ0v) is 5.81. The molecule has 0 aliphatic heterocycles. The molecule has 1 rings (SSSR count). The van der Waals surface area contributed by atoms with E-state index >= 15 is 0 Å². The van der Waals surface area contributed by atoms with Crippen LogP contribution in [0.25, 0.3) is 0 Å². The van der Waals surface area contributed by atoms with E-state index < -0.39 is 0 Å². The van der Waals surface area contributed by atoms with Gasteiger partial charge in [0.2, 0.25) is 0 Å². The second-order valence-electron chi connectivity index (χ2n) is 1.45. The van der Waals surface area contributed by atoms with Crippen LogP contribution in [0.15, 0.2) is 24.3 Å². The molecule has 1 aromatic rings. The van der Waals surface area contributed by atoms with Crippen LogP contribution in [0.2, 0.25) is 0 Å². The van der Waals surface area contributed by atoms with E-state index in [1.165, 1.54) is 12.1 Å². The molecular weight excluding hydrogens is 170 g/mol. The van der Waals surface area contributed by atoms with Crippen LogP contribution in [0, 0.1) is 5.82 Å². The molecule has 0 aliphatic carbocycles. The summed E-state index contributed by atoms with van der Waals surface area (Å²) in [6, 6.07) is 6.22. The van der Waals surface area contributed by atoms with Crippen molar-refractivity contribution in [2.75, 3.05) is 0 Å². The van der Waals surface area contributed by atoms with Crippen molar-refractivity contribution in [3.63, 3.8) is 0 Å². The Morgan fingerprint density at radius 1 is 1.12 bits per heavy atom. The molecule has 1 aromatic carbocycles. The van der Waals surface area contributed by atoms with Gasteiger partial charge in [0.05, 0.1) is 0 Å². The standard InChI is InChI=1S/C6H4FSe/c7-5-1-3-6(8)4-2-5/h1-4H/q+1. The summed E-state index contributed by atoms with van der Waals surface area (Å²) in [6.07, 6.45) is 0. The van der Waals surface area contributed by atoms with Crippen molar-refractivity contribution in [1.29, 1.82) is 0 Å². The number of benzene rings is 1. The first-order valence-electron chi connectivity index (χ1n) is 2.21. The average Bonchev–Trinajstić information content (AvgIpc) is 1.77. The van der Waals surface area contributed by atoms with Gasteiger partial charge in [0.25, 0.3) is 0 Å². The van der Waals surface area contributed by atoms with Crippen molar-refractivity contribution in [2.45, 2.75) is 0 Å². The summed E-state index contributed by atoms with van der Waals surface area (Å²) in [4.78, 5) is 0. The van der Waals surface area contributed by atoms with Crippen molar-refractivity contribution < 1.29 is 4.39 Å². The monoisotopic (exact) mass is 175 g/mol. The van der Waals surface area contributed by atoms with Crippen molar-refractivity contribution in [1.82, 2.24) is 0 Å². The van der Waals surface area contributed by atoms with Gasteiger partial charge in [-0.15, -0.1) is 0 Å². The molecule has 0 aliphatic rings. The zero-order chi connectivity index (χ0) is 5.98. The number of rotatable bonds is 0. The van der Waals surface area contributed by atoms with E-state index in [0.29, 0.717) is 0 Å². The fourth-order valence-electron chi connectivity index (χ4n) is 0.435. The summed E-state index contributed by atoms with van der Waals surface area (Å²) in [5.74, 6) is -0.191. The Kier molecular flexibility index (Phi) is 1.66. The molecule has 0 bridgehead atoms. The minimum absolute atomic E-state index is 0.191. The van der Waals surface area contributed by atoms with Crippen LogP contribution < -0.4 is 4.46 Å². The minimum atomic E-state index is -0.191. The molecule has 0 nitrogen and oxygen atoms in total. The number of hydrogen-bond acceptors (Lipinski definition) is 0. The molecule has 0 heterocycles. The second kappa shape index (κ2) is 2.29. The maximum absolute atomic E-state index is 12.1. The molecule has 0 aromatic heterocycles. The third-order valence-electron chi connectivity index (χ3n) is 0.814. The van der Waals surface area contributed by atoms with Gasteiger partial charge in [-0.1, -0.05) is 0 Å². The molecule has 40 valence electrons. The van der Waals surface area contributed by atoms with Crippen LogP contribution in [0.3, 0.4) is 0 Å². The molecule has 0 N–H and O–H groups in total. The Labute approximate surface area is 55.5 Å². The van der Waals surface area contributed by atoms with Crippen molar-refractivity contribution in [3.05, 3.63) is 30.1 Å². The van der Waals surface area contributed by atoms with E-state index in [0.717, 1.165) is 4.46 Å². The summed E-state index contributed by atoms with van der Waals surface area (Å²) in [5, 5.41) is 0. The molecule has 0 saturated heterocycles. The Hall–Kier alpha value is -0.331. The Balaban J connectivity index is 3.03. The number of hydrogen-bond donors (Lipinski definition) is 0. The third-order valence-corrected chi connectivity index (χ3v) is 1.38. The van der Waals surface area contributed by atoms with E-state index in [9.17, 15) is 4.39 Å². The first-order valence-corrected chi connectivity index (χ1v) is 3.07. The van der Waals surface area contributed by atoms with E-state index in [1.807, 2.05) is 0 Å². The first kappa shape index (κ1) is 5.80. The Morgan fingerprint density at radius 3 is 2.00 bits per heavy atom. The average molecular weight is 174 g/mol. The van der Waals surface area contributed by atoms with E-state index in [2.05, 4.69) is 16.0 Å². The second-order valence-corrected chi connectivity index (χ2v) is 2.44. The molecule has 0 amide bonds. The molecule has 2 heteroatoms. The van der Waals surface area contributed by atoms with E-state index in [-0.39, 0.29) is 5.82 Å². The first-order chi connectivity index (χ1) is 3.79. The van der Waals surface area contributed by atoms with Gasteiger partial charge in [-0.25, -0.2) is 0 Å². The maximum atomic E-state index is 12.1. The summed E-state index contributed by atoms with van der Waals surface area (Å²) in [6.45, 7) is 0. The summed E-state index contributed by atoms with van der Waals surface area (Å²) in [5.41, 5.74) is 0. The normalized spacial score (nSPS) is 9.12. The van der Waals surface area contributed by atoms with Gasteiger partial charge >= 0.3 is 54.9 Å². The van der Waals surface area contributed by atoms with Crippen LogP contribution >= 0.6 is 0 Å². The summed E-state index contributed by atoms with van der Waals surface area (Å²) < 4.78 is 13.0. The summed E-state index contributed by atoms with van der Waals surface area (Å²) in [7, 11) is 0.